The van der Waals surface area contributed by atoms with Gasteiger partial charge in [0.2, 0.25) is 0 Å². The number of benzene rings is 3. The van der Waals surface area contributed by atoms with Crippen LogP contribution in [0.3, 0.4) is 0 Å². The summed E-state index contributed by atoms with van der Waals surface area (Å²) in [5.41, 5.74) is 5.60. The first kappa shape index (κ1) is 21.4. The molecule has 3 rings (SSSR count). The van der Waals surface area contributed by atoms with Crippen molar-refractivity contribution >= 4 is 28.9 Å². The van der Waals surface area contributed by atoms with Crippen molar-refractivity contribution in [2.75, 3.05) is 11.9 Å². The molecule has 0 saturated heterocycles. The monoisotopic (exact) mass is 429 g/mol. The summed E-state index contributed by atoms with van der Waals surface area (Å²) in [4.78, 5) is 0. The van der Waals surface area contributed by atoms with E-state index in [4.69, 9.17) is 32.7 Å². The fraction of sp³-hybridized carbons (Fsp3) is 0.250. The maximum absolute atomic E-state index is 6.54. The molecule has 0 radical (unpaired) electrons. The molecule has 29 heavy (non-hydrogen) atoms. The smallest absolute Gasteiger partial charge is 0.180 e. The maximum atomic E-state index is 6.54. The summed E-state index contributed by atoms with van der Waals surface area (Å²) in [6.45, 7) is 7.69. The van der Waals surface area contributed by atoms with Crippen LogP contribution < -0.4 is 14.8 Å². The average Bonchev–Trinajstić information content (AvgIpc) is 2.68. The van der Waals surface area contributed by atoms with Crippen molar-refractivity contribution in [2.24, 2.45) is 0 Å². The Labute approximate surface area is 182 Å². The third-order valence-corrected chi connectivity index (χ3v) is 5.06. The van der Waals surface area contributed by atoms with E-state index in [2.05, 4.69) is 37.4 Å². The zero-order valence-electron chi connectivity index (χ0n) is 16.9. The summed E-state index contributed by atoms with van der Waals surface area (Å²) < 4.78 is 11.8. The summed E-state index contributed by atoms with van der Waals surface area (Å²) in [7, 11) is 0. The normalized spacial score (nSPS) is 10.7. The predicted molar refractivity (Wildman–Crippen MR) is 122 cm³/mol. The van der Waals surface area contributed by atoms with Gasteiger partial charge in [-0.1, -0.05) is 53.0 Å². The Morgan fingerprint density at radius 2 is 1.62 bits per heavy atom. The molecule has 0 spiro atoms. The minimum Gasteiger partial charge on any atom is -0.490 e. The highest BCUT2D eigenvalue weighted by molar-refractivity contribution is 6.32. The first-order valence-corrected chi connectivity index (χ1v) is 10.4. The molecular formula is C24H25Cl2NO2. The van der Waals surface area contributed by atoms with E-state index in [1.165, 1.54) is 11.1 Å². The van der Waals surface area contributed by atoms with E-state index in [9.17, 15) is 0 Å². The predicted octanol–water partition coefficient (Wildman–Crippen LogP) is 7.20. The molecule has 0 bridgehead atoms. The van der Waals surface area contributed by atoms with Crippen LogP contribution in [0.2, 0.25) is 10.0 Å². The molecule has 5 heteroatoms. The summed E-state index contributed by atoms with van der Waals surface area (Å²) in [6.07, 6.45) is 0. The number of rotatable bonds is 8. The van der Waals surface area contributed by atoms with Crippen LogP contribution in [-0.4, -0.2) is 6.61 Å². The zero-order chi connectivity index (χ0) is 20.8. The lowest BCUT2D eigenvalue weighted by Crippen LogP contribution is -2.04. The number of halogens is 2. The molecule has 0 heterocycles. The van der Waals surface area contributed by atoms with E-state index in [0.717, 1.165) is 16.8 Å². The SMILES string of the molecule is CCOc1cc(CNc2ccc(C)cc2C)cc(Cl)c1OCc1ccc(Cl)cc1. The Hall–Kier alpha value is -2.36. The molecule has 0 aliphatic heterocycles. The number of anilines is 1. The molecule has 0 atom stereocenters. The lowest BCUT2D eigenvalue weighted by atomic mass is 10.1. The molecular weight excluding hydrogens is 405 g/mol. The van der Waals surface area contributed by atoms with Crippen molar-refractivity contribution in [3.8, 4) is 11.5 Å². The van der Waals surface area contributed by atoms with Crippen LogP contribution >= 0.6 is 23.2 Å². The van der Waals surface area contributed by atoms with Gasteiger partial charge in [0.15, 0.2) is 11.5 Å². The Bertz CT molecular complexity index is 971. The van der Waals surface area contributed by atoms with Gasteiger partial charge in [0.05, 0.1) is 11.6 Å². The fourth-order valence-electron chi connectivity index (χ4n) is 3.07. The molecule has 3 aromatic carbocycles. The molecule has 0 aliphatic carbocycles. The average molecular weight is 430 g/mol. The molecule has 3 aromatic rings. The number of hydrogen-bond donors (Lipinski definition) is 1. The summed E-state index contributed by atoms with van der Waals surface area (Å²) in [5.74, 6) is 1.20. The Morgan fingerprint density at radius 3 is 2.31 bits per heavy atom. The number of hydrogen-bond acceptors (Lipinski definition) is 3. The van der Waals surface area contributed by atoms with Crippen LogP contribution in [0, 0.1) is 13.8 Å². The third-order valence-electron chi connectivity index (χ3n) is 4.53. The van der Waals surface area contributed by atoms with Crippen molar-refractivity contribution < 1.29 is 9.47 Å². The fourth-order valence-corrected chi connectivity index (χ4v) is 3.49. The van der Waals surface area contributed by atoms with E-state index in [-0.39, 0.29) is 0 Å². The van der Waals surface area contributed by atoms with Gasteiger partial charge in [-0.25, -0.2) is 0 Å². The van der Waals surface area contributed by atoms with Crippen LogP contribution in [-0.2, 0) is 13.2 Å². The zero-order valence-corrected chi connectivity index (χ0v) is 18.4. The van der Waals surface area contributed by atoms with Gasteiger partial charge in [0.1, 0.15) is 6.61 Å². The molecule has 0 saturated carbocycles. The maximum Gasteiger partial charge on any atom is 0.180 e. The summed E-state index contributed by atoms with van der Waals surface area (Å²) >= 11 is 12.5. The second-order valence-corrected chi connectivity index (χ2v) is 7.77. The minimum atomic E-state index is 0.386. The number of ether oxygens (including phenoxy) is 2. The van der Waals surface area contributed by atoms with E-state index < -0.39 is 0 Å². The van der Waals surface area contributed by atoms with E-state index in [1.54, 1.807) is 0 Å². The lowest BCUT2D eigenvalue weighted by molar-refractivity contribution is 0.269. The molecule has 0 unspecified atom stereocenters. The molecule has 0 fully saturated rings. The van der Waals surface area contributed by atoms with Gasteiger partial charge in [-0.15, -0.1) is 0 Å². The Kier molecular flexibility index (Phi) is 7.29. The van der Waals surface area contributed by atoms with Crippen LogP contribution in [0.15, 0.2) is 54.6 Å². The lowest BCUT2D eigenvalue weighted by Gasteiger charge is -2.16. The second kappa shape index (κ2) is 9.91. The minimum absolute atomic E-state index is 0.386. The van der Waals surface area contributed by atoms with E-state index in [0.29, 0.717) is 41.3 Å². The van der Waals surface area contributed by atoms with Crippen molar-refractivity contribution in [3.05, 3.63) is 86.9 Å². The molecule has 0 aromatic heterocycles. The van der Waals surface area contributed by atoms with E-state index >= 15 is 0 Å². The van der Waals surface area contributed by atoms with Crippen molar-refractivity contribution in [2.45, 2.75) is 33.9 Å². The highest BCUT2D eigenvalue weighted by atomic mass is 35.5. The Balaban J connectivity index is 1.75. The topological polar surface area (TPSA) is 30.5 Å². The third kappa shape index (κ3) is 5.81. The first-order chi connectivity index (χ1) is 14.0. The number of nitrogens with one attached hydrogen (secondary N) is 1. The van der Waals surface area contributed by atoms with Gasteiger partial charge in [0, 0.05) is 17.3 Å². The van der Waals surface area contributed by atoms with Gasteiger partial charge < -0.3 is 14.8 Å². The molecule has 0 aliphatic rings. The van der Waals surface area contributed by atoms with Crippen LogP contribution in [0.5, 0.6) is 11.5 Å². The highest BCUT2D eigenvalue weighted by Crippen LogP contribution is 2.37. The Morgan fingerprint density at radius 1 is 0.862 bits per heavy atom. The first-order valence-electron chi connectivity index (χ1n) is 9.60. The molecule has 3 nitrogen and oxygen atoms in total. The van der Waals surface area contributed by atoms with Crippen LogP contribution in [0.25, 0.3) is 0 Å². The van der Waals surface area contributed by atoms with Gasteiger partial charge in [-0.05, 0) is 67.8 Å². The van der Waals surface area contributed by atoms with Crippen molar-refractivity contribution in [1.29, 1.82) is 0 Å². The van der Waals surface area contributed by atoms with E-state index in [1.807, 2.05) is 43.3 Å². The molecule has 152 valence electrons. The quantitative estimate of drug-likeness (QED) is 0.410. The van der Waals surface area contributed by atoms with Gasteiger partial charge in [-0.2, -0.15) is 0 Å². The summed E-state index contributed by atoms with van der Waals surface area (Å²) in [6, 6.07) is 17.8. The molecule has 1 N–H and O–H groups in total. The van der Waals surface area contributed by atoms with Crippen molar-refractivity contribution in [3.63, 3.8) is 0 Å². The largest absolute Gasteiger partial charge is 0.490 e. The van der Waals surface area contributed by atoms with Gasteiger partial charge >= 0.3 is 0 Å². The second-order valence-electron chi connectivity index (χ2n) is 6.92. The number of aryl methyl sites for hydroxylation is 2. The van der Waals surface area contributed by atoms with Gasteiger partial charge in [0.25, 0.3) is 0 Å². The highest BCUT2D eigenvalue weighted by Gasteiger charge is 2.13. The standard InChI is InChI=1S/C24H25Cl2NO2/c1-4-28-23-13-19(14-27-22-10-5-16(2)11-17(22)3)12-21(26)24(23)29-15-18-6-8-20(25)9-7-18/h5-13,27H,4,14-15H2,1-3H3. The van der Waals surface area contributed by atoms with Crippen LogP contribution in [0.1, 0.15) is 29.2 Å². The molecule has 0 amide bonds. The van der Waals surface area contributed by atoms with Crippen molar-refractivity contribution in [1.82, 2.24) is 0 Å². The van der Waals surface area contributed by atoms with Crippen LogP contribution in [0.4, 0.5) is 5.69 Å². The van der Waals surface area contributed by atoms with Gasteiger partial charge in [-0.3, -0.25) is 0 Å². The summed E-state index contributed by atoms with van der Waals surface area (Å²) in [5, 5.41) is 4.69.